The van der Waals surface area contributed by atoms with Gasteiger partial charge in [0.2, 0.25) is 17.7 Å². The van der Waals surface area contributed by atoms with Gasteiger partial charge in [0.15, 0.2) is 5.03 Å². The van der Waals surface area contributed by atoms with Crippen LogP contribution in [0.3, 0.4) is 0 Å². The molecule has 2 amide bonds. The number of benzene rings is 1. The van der Waals surface area contributed by atoms with Crippen LogP contribution in [0.5, 0.6) is 11.8 Å². The highest BCUT2D eigenvalue weighted by Gasteiger charge is 2.24. The zero-order chi connectivity index (χ0) is 20.9. The van der Waals surface area contributed by atoms with Crippen molar-refractivity contribution in [3.8, 4) is 22.9 Å². The van der Waals surface area contributed by atoms with E-state index in [0.29, 0.717) is 11.1 Å². The van der Waals surface area contributed by atoms with Gasteiger partial charge in [-0.05, 0) is 17.7 Å². The number of rotatable bonds is 6. The van der Waals surface area contributed by atoms with Gasteiger partial charge in [0.25, 0.3) is 10.0 Å². The largest absolute Gasteiger partial charge is 0.481 e. The summed E-state index contributed by atoms with van der Waals surface area (Å²) < 4.78 is 37.4. The molecule has 150 valence electrons. The van der Waals surface area contributed by atoms with Crippen molar-refractivity contribution in [2.75, 3.05) is 19.5 Å². The maximum absolute atomic E-state index is 12.7. The van der Waals surface area contributed by atoms with Gasteiger partial charge in [-0.2, -0.15) is 18.4 Å². The number of ether oxygens (including phenoxy) is 2. The van der Waals surface area contributed by atoms with E-state index >= 15 is 0 Å². The van der Waals surface area contributed by atoms with Crippen molar-refractivity contribution in [1.82, 2.24) is 19.7 Å². The number of carbonyl (C=O) groups excluding carboxylic acids is 1. The number of carbonyl (C=O) groups is 1. The van der Waals surface area contributed by atoms with Crippen molar-refractivity contribution >= 4 is 22.0 Å². The van der Waals surface area contributed by atoms with Gasteiger partial charge in [0, 0.05) is 11.8 Å². The number of pyridine rings is 1. The van der Waals surface area contributed by atoms with E-state index in [1.807, 2.05) is 10.8 Å². The molecule has 0 saturated carbocycles. The molecule has 3 aromatic rings. The molecule has 0 spiro atoms. The number of anilines is 1. The number of methoxy groups -OCH3 is 2. The monoisotopic (exact) mass is 415 g/mol. The lowest BCUT2D eigenvalue weighted by atomic mass is 10.1. The Kier molecular flexibility index (Phi) is 5.88. The first-order valence-electron chi connectivity index (χ1n) is 8.24. The van der Waals surface area contributed by atoms with Crippen LogP contribution in [0.15, 0.2) is 59.8 Å². The summed E-state index contributed by atoms with van der Waals surface area (Å²) in [6.07, 6.45) is 1.33. The Morgan fingerprint density at radius 2 is 1.62 bits per heavy atom. The molecule has 11 heteroatoms. The van der Waals surface area contributed by atoms with Crippen molar-refractivity contribution in [3.05, 3.63) is 54.7 Å². The molecule has 0 aliphatic heterocycles. The molecule has 10 nitrogen and oxygen atoms in total. The van der Waals surface area contributed by atoms with Crippen molar-refractivity contribution in [3.63, 3.8) is 0 Å². The molecule has 1 aromatic carbocycles. The van der Waals surface area contributed by atoms with Crippen LogP contribution in [0.1, 0.15) is 0 Å². The van der Waals surface area contributed by atoms with E-state index in [1.54, 1.807) is 36.4 Å². The Morgan fingerprint density at radius 3 is 2.24 bits per heavy atom. The average molecular weight is 415 g/mol. The second-order valence-corrected chi connectivity index (χ2v) is 7.16. The minimum absolute atomic E-state index is 0.131. The third-order valence-corrected chi connectivity index (χ3v) is 4.95. The quantitative estimate of drug-likeness (QED) is 0.625. The number of sulfonamides is 1. The lowest BCUT2D eigenvalue weighted by molar-refractivity contribution is 0.256. The Hall–Kier alpha value is -3.73. The number of hydrogen-bond acceptors (Lipinski definition) is 8. The molecule has 0 unspecified atom stereocenters. The lowest BCUT2D eigenvalue weighted by Gasteiger charge is -2.11. The van der Waals surface area contributed by atoms with Gasteiger partial charge < -0.3 is 9.47 Å². The standard InChI is InChI=1S/C18H17N5O5S/c1-27-14-11-15(28-2)21-17(20-14)22-18(24)23-29(25,26)16-13(9-6-10-19-16)12-7-4-3-5-8-12/h3-11H,1-2H3,(H2,20,21,22,23,24). The third-order valence-electron chi connectivity index (χ3n) is 3.66. The fourth-order valence-corrected chi connectivity index (χ4v) is 3.48. The van der Waals surface area contributed by atoms with Crippen LogP contribution in [0.4, 0.5) is 10.7 Å². The topological polar surface area (TPSA) is 132 Å². The highest BCUT2D eigenvalue weighted by Crippen LogP contribution is 2.25. The predicted octanol–water partition coefficient (Wildman–Crippen LogP) is 2.07. The van der Waals surface area contributed by atoms with Gasteiger partial charge in [-0.3, -0.25) is 5.32 Å². The van der Waals surface area contributed by atoms with Crippen LogP contribution in [0.2, 0.25) is 0 Å². The number of nitrogens with one attached hydrogen (secondary N) is 2. The van der Waals surface area contributed by atoms with Crippen LogP contribution >= 0.6 is 0 Å². The fraction of sp³-hybridized carbons (Fsp3) is 0.111. The summed E-state index contributed by atoms with van der Waals surface area (Å²) in [5, 5.41) is 1.95. The molecule has 0 aliphatic carbocycles. The SMILES string of the molecule is COc1cc(OC)nc(NC(=O)NS(=O)(=O)c2ncccc2-c2ccccc2)n1. The molecule has 3 rings (SSSR count). The van der Waals surface area contributed by atoms with Crippen LogP contribution in [-0.4, -0.2) is 43.6 Å². The van der Waals surface area contributed by atoms with Gasteiger partial charge in [-0.25, -0.2) is 14.5 Å². The zero-order valence-corrected chi connectivity index (χ0v) is 16.3. The summed E-state index contributed by atoms with van der Waals surface area (Å²) in [5.41, 5.74) is 0.995. The van der Waals surface area contributed by atoms with Gasteiger partial charge >= 0.3 is 6.03 Å². The molecule has 0 atom stereocenters. The fourth-order valence-electron chi connectivity index (χ4n) is 2.41. The van der Waals surface area contributed by atoms with E-state index in [-0.39, 0.29) is 22.7 Å². The first-order valence-corrected chi connectivity index (χ1v) is 9.72. The van der Waals surface area contributed by atoms with E-state index in [4.69, 9.17) is 9.47 Å². The van der Waals surface area contributed by atoms with Crippen molar-refractivity contribution in [2.24, 2.45) is 0 Å². The summed E-state index contributed by atoms with van der Waals surface area (Å²) in [6.45, 7) is 0. The molecule has 0 saturated heterocycles. The number of amides is 2. The van der Waals surface area contributed by atoms with E-state index in [1.165, 1.54) is 26.5 Å². The molecule has 2 aromatic heterocycles. The third kappa shape index (κ3) is 4.76. The molecule has 0 fully saturated rings. The molecule has 29 heavy (non-hydrogen) atoms. The first-order chi connectivity index (χ1) is 13.9. The molecule has 0 radical (unpaired) electrons. The smallest absolute Gasteiger partial charge is 0.335 e. The molecule has 0 bridgehead atoms. The zero-order valence-electron chi connectivity index (χ0n) is 15.5. The van der Waals surface area contributed by atoms with E-state index in [0.717, 1.165) is 0 Å². The Labute approximate surface area is 167 Å². The molecular weight excluding hydrogens is 398 g/mol. The number of hydrogen-bond donors (Lipinski definition) is 2. The predicted molar refractivity (Wildman–Crippen MR) is 104 cm³/mol. The summed E-state index contributed by atoms with van der Waals surface area (Å²) in [6, 6.07) is 12.4. The number of aromatic nitrogens is 3. The molecule has 0 aliphatic rings. The second-order valence-electron chi connectivity index (χ2n) is 5.56. The average Bonchev–Trinajstić information content (AvgIpc) is 2.73. The summed E-state index contributed by atoms with van der Waals surface area (Å²) in [7, 11) is -1.53. The Morgan fingerprint density at radius 1 is 0.966 bits per heavy atom. The van der Waals surface area contributed by atoms with Crippen LogP contribution < -0.4 is 19.5 Å². The maximum Gasteiger partial charge on any atom is 0.335 e. The van der Waals surface area contributed by atoms with Crippen LogP contribution in [0.25, 0.3) is 11.1 Å². The second kappa shape index (κ2) is 8.52. The van der Waals surface area contributed by atoms with E-state index in [9.17, 15) is 13.2 Å². The highest BCUT2D eigenvalue weighted by atomic mass is 32.2. The maximum atomic E-state index is 12.7. The summed E-state index contributed by atoms with van der Waals surface area (Å²) in [5.74, 6) is 0.0652. The number of nitrogens with zero attached hydrogens (tertiary/aromatic N) is 3. The van der Waals surface area contributed by atoms with E-state index in [2.05, 4.69) is 20.3 Å². The highest BCUT2D eigenvalue weighted by molar-refractivity contribution is 7.90. The van der Waals surface area contributed by atoms with Crippen LogP contribution in [-0.2, 0) is 10.0 Å². The van der Waals surface area contributed by atoms with Gasteiger partial charge in [0.1, 0.15) is 0 Å². The van der Waals surface area contributed by atoms with Crippen LogP contribution in [0, 0.1) is 0 Å². The number of urea groups is 1. The summed E-state index contributed by atoms with van der Waals surface area (Å²) >= 11 is 0. The van der Waals surface area contributed by atoms with Gasteiger partial charge in [-0.1, -0.05) is 30.3 Å². The molecule has 2 N–H and O–H groups in total. The van der Waals surface area contributed by atoms with Crippen molar-refractivity contribution in [1.29, 1.82) is 0 Å². The molecule has 2 heterocycles. The van der Waals surface area contributed by atoms with Gasteiger partial charge in [0.05, 0.1) is 20.3 Å². The van der Waals surface area contributed by atoms with Crippen molar-refractivity contribution < 1.29 is 22.7 Å². The summed E-state index contributed by atoms with van der Waals surface area (Å²) in [4.78, 5) is 24.0. The Balaban J connectivity index is 1.85. The minimum atomic E-state index is -4.28. The van der Waals surface area contributed by atoms with E-state index < -0.39 is 16.1 Å². The normalized spacial score (nSPS) is 10.8. The molecular formula is C18H17N5O5S. The van der Waals surface area contributed by atoms with Crippen molar-refractivity contribution in [2.45, 2.75) is 5.03 Å². The van der Waals surface area contributed by atoms with Gasteiger partial charge in [-0.15, -0.1) is 0 Å². The first kappa shape index (κ1) is 20.0. The lowest BCUT2D eigenvalue weighted by Crippen LogP contribution is -2.35. The minimum Gasteiger partial charge on any atom is -0.481 e. The Bertz CT molecular complexity index is 1100.